The molecule has 0 saturated heterocycles. The van der Waals surface area contributed by atoms with Crippen molar-refractivity contribution in [2.24, 2.45) is 0 Å². The van der Waals surface area contributed by atoms with Crippen LogP contribution in [-0.4, -0.2) is 23.8 Å². The predicted octanol–water partition coefficient (Wildman–Crippen LogP) is 10.7. The van der Waals surface area contributed by atoms with E-state index in [0.29, 0.717) is 11.8 Å². The highest BCUT2D eigenvalue weighted by Crippen LogP contribution is 2.39. The predicted molar refractivity (Wildman–Crippen MR) is 192 cm³/mol. The van der Waals surface area contributed by atoms with E-state index < -0.39 is 0 Å². The average molecular weight is 612 g/mol. The van der Waals surface area contributed by atoms with E-state index in [2.05, 4.69) is 120 Å². The van der Waals surface area contributed by atoms with Crippen molar-refractivity contribution in [3.05, 3.63) is 127 Å². The van der Waals surface area contributed by atoms with Crippen LogP contribution in [0.4, 0.5) is 0 Å². The van der Waals surface area contributed by atoms with Crippen molar-refractivity contribution in [2.45, 2.75) is 39.5 Å². The zero-order valence-electron chi connectivity index (χ0n) is 26.8. The van der Waals surface area contributed by atoms with E-state index in [1.165, 1.54) is 22.1 Å². The molecular formula is C41H33N5O. The van der Waals surface area contributed by atoms with E-state index in [9.17, 15) is 0 Å². The summed E-state index contributed by atoms with van der Waals surface area (Å²) in [5.41, 5.74) is 8.69. The van der Waals surface area contributed by atoms with Crippen LogP contribution in [0.3, 0.4) is 0 Å². The third-order valence-electron chi connectivity index (χ3n) is 9.46. The SMILES string of the molecule is CC(C)c1cccc(C(C)C)c1-c1ccc2c3ccc(Oc4ccc5c6ccccc6n6ccnc6c5c4)cc3c3nccn3c2n1. The Labute approximate surface area is 271 Å². The summed E-state index contributed by atoms with van der Waals surface area (Å²) in [5.74, 6) is 2.28. The fourth-order valence-corrected chi connectivity index (χ4v) is 7.26. The second kappa shape index (κ2) is 10.4. The van der Waals surface area contributed by atoms with Gasteiger partial charge in [-0.3, -0.25) is 8.80 Å². The minimum atomic E-state index is 0.386. The molecule has 0 radical (unpaired) electrons. The van der Waals surface area contributed by atoms with Gasteiger partial charge in [0.1, 0.15) is 28.4 Å². The molecule has 0 bridgehead atoms. The summed E-state index contributed by atoms with van der Waals surface area (Å²) in [4.78, 5) is 14.8. The van der Waals surface area contributed by atoms with Crippen LogP contribution in [0.15, 0.2) is 116 Å². The van der Waals surface area contributed by atoms with Gasteiger partial charge in [-0.1, -0.05) is 64.1 Å². The highest BCUT2D eigenvalue weighted by molar-refractivity contribution is 6.13. The summed E-state index contributed by atoms with van der Waals surface area (Å²) < 4.78 is 10.8. The molecule has 0 unspecified atom stereocenters. The van der Waals surface area contributed by atoms with Gasteiger partial charge in [0.05, 0.1) is 11.2 Å². The Morgan fingerprint density at radius 2 is 1.13 bits per heavy atom. The average Bonchev–Trinajstić information content (AvgIpc) is 3.79. The number of benzene rings is 4. The lowest BCUT2D eigenvalue weighted by Gasteiger charge is -2.20. The van der Waals surface area contributed by atoms with Crippen molar-refractivity contribution in [3.8, 4) is 22.8 Å². The van der Waals surface area contributed by atoms with Crippen molar-refractivity contribution in [3.63, 3.8) is 0 Å². The first-order valence-electron chi connectivity index (χ1n) is 16.2. The molecule has 6 heteroatoms. The Balaban J connectivity index is 1.18. The molecular weight excluding hydrogens is 578 g/mol. The number of ether oxygens (including phenoxy) is 1. The number of fused-ring (bicyclic) bond motifs is 12. The summed E-state index contributed by atoms with van der Waals surface area (Å²) >= 11 is 0. The molecule has 0 N–H and O–H groups in total. The minimum absolute atomic E-state index is 0.386. The van der Waals surface area contributed by atoms with Crippen molar-refractivity contribution in [1.29, 1.82) is 0 Å². The number of aromatic nitrogens is 5. The molecule has 9 aromatic rings. The lowest BCUT2D eigenvalue weighted by Crippen LogP contribution is -2.02. The standard InChI is InChI=1S/C41H33N5O/c1-24(2)28-9-7-10-29(25(3)4)38(28)36-17-16-33-31-15-13-27(23-35(31)40-43-19-21-46(40)41(33)44-36)47-26-12-14-30-32-8-5-6-11-37(32)45-20-18-42-39(45)34(30)22-26/h5-25H,1-4H3. The smallest absolute Gasteiger partial charge is 0.146 e. The van der Waals surface area contributed by atoms with Crippen LogP contribution in [0.1, 0.15) is 50.7 Å². The van der Waals surface area contributed by atoms with Gasteiger partial charge in [0.25, 0.3) is 0 Å². The maximum atomic E-state index is 6.53. The van der Waals surface area contributed by atoms with E-state index in [1.807, 2.05) is 36.9 Å². The molecule has 4 aromatic carbocycles. The quantitative estimate of drug-likeness (QED) is 0.182. The Morgan fingerprint density at radius 1 is 0.532 bits per heavy atom. The van der Waals surface area contributed by atoms with E-state index in [4.69, 9.17) is 14.7 Å². The molecule has 0 aliphatic heterocycles. The molecule has 47 heavy (non-hydrogen) atoms. The molecule has 0 saturated carbocycles. The number of pyridine rings is 3. The number of rotatable bonds is 5. The Bertz CT molecular complexity index is 2650. The summed E-state index contributed by atoms with van der Waals surface area (Å²) in [6.07, 6.45) is 7.71. The van der Waals surface area contributed by atoms with E-state index in [-0.39, 0.29) is 0 Å². The molecule has 9 rings (SSSR count). The summed E-state index contributed by atoms with van der Waals surface area (Å²) in [5, 5.41) is 6.57. The molecule has 0 amide bonds. The van der Waals surface area contributed by atoms with Crippen LogP contribution in [-0.2, 0) is 0 Å². The van der Waals surface area contributed by atoms with Gasteiger partial charge in [0, 0.05) is 51.9 Å². The van der Waals surface area contributed by atoms with Crippen molar-refractivity contribution in [1.82, 2.24) is 23.8 Å². The van der Waals surface area contributed by atoms with Crippen LogP contribution in [0.2, 0.25) is 0 Å². The fourth-order valence-electron chi connectivity index (χ4n) is 7.26. The zero-order chi connectivity index (χ0) is 31.8. The minimum Gasteiger partial charge on any atom is -0.457 e. The van der Waals surface area contributed by atoms with Gasteiger partial charge >= 0.3 is 0 Å². The van der Waals surface area contributed by atoms with Crippen molar-refractivity contribution in [2.75, 3.05) is 0 Å². The van der Waals surface area contributed by atoms with Crippen LogP contribution in [0.5, 0.6) is 11.5 Å². The lowest BCUT2D eigenvalue weighted by molar-refractivity contribution is 0.484. The zero-order valence-corrected chi connectivity index (χ0v) is 26.8. The first-order valence-corrected chi connectivity index (χ1v) is 16.2. The highest BCUT2D eigenvalue weighted by atomic mass is 16.5. The summed E-state index contributed by atoms with van der Waals surface area (Å²) in [6, 6.07) is 32.0. The Morgan fingerprint density at radius 3 is 1.81 bits per heavy atom. The number of hydrogen-bond donors (Lipinski definition) is 0. The van der Waals surface area contributed by atoms with Gasteiger partial charge in [-0.15, -0.1) is 0 Å². The first kappa shape index (κ1) is 27.6. The van der Waals surface area contributed by atoms with Gasteiger partial charge in [0.2, 0.25) is 0 Å². The van der Waals surface area contributed by atoms with Crippen LogP contribution in [0.25, 0.3) is 66.0 Å². The van der Waals surface area contributed by atoms with Gasteiger partial charge < -0.3 is 4.74 Å². The molecule has 228 valence electrons. The molecule has 0 aliphatic carbocycles. The van der Waals surface area contributed by atoms with Gasteiger partial charge in [0.15, 0.2) is 0 Å². The van der Waals surface area contributed by atoms with Crippen LogP contribution < -0.4 is 4.74 Å². The van der Waals surface area contributed by atoms with Gasteiger partial charge in [-0.2, -0.15) is 0 Å². The maximum absolute atomic E-state index is 6.53. The van der Waals surface area contributed by atoms with E-state index >= 15 is 0 Å². The third-order valence-corrected chi connectivity index (χ3v) is 9.46. The summed E-state index contributed by atoms with van der Waals surface area (Å²) in [6.45, 7) is 9.01. The van der Waals surface area contributed by atoms with Crippen molar-refractivity contribution < 1.29 is 4.74 Å². The van der Waals surface area contributed by atoms with Crippen molar-refractivity contribution >= 4 is 54.8 Å². The molecule has 5 aromatic heterocycles. The molecule has 0 atom stereocenters. The number of para-hydroxylation sites is 1. The second-order valence-corrected chi connectivity index (χ2v) is 13.0. The van der Waals surface area contributed by atoms with E-state index in [0.717, 1.165) is 66.6 Å². The Kier molecular flexibility index (Phi) is 6.09. The van der Waals surface area contributed by atoms with E-state index in [1.54, 1.807) is 0 Å². The topological polar surface area (TPSA) is 56.7 Å². The second-order valence-electron chi connectivity index (χ2n) is 13.0. The molecule has 5 heterocycles. The highest BCUT2D eigenvalue weighted by Gasteiger charge is 2.19. The first-order chi connectivity index (χ1) is 23.0. The fraction of sp³-hybridized carbons (Fsp3) is 0.146. The number of hydrogen-bond acceptors (Lipinski definition) is 4. The monoisotopic (exact) mass is 611 g/mol. The molecule has 6 nitrogen and oxygen atoms in total. The lowest BCUT2D eigenvalue weighted by atomic mass is 9.87. The number of imidazole rings is 2. The Hall–Kier alpha value is -5.75. The van der Waals surface area contributed by atoms with Gasteiger partial charge in [-0.05, 0) is 88.3 Å². The molecule has 0 aliphatic rings. The largest absolute Gasteiger partial charge is 0.457 e. The maximum Gasteiger partial charge on any atom is 0.146 e. The molecule has 0 spiro atoms. The van der Waals surface area contributed by atoms with Gasteiger partial charge in [-0.25, -0.2) is 15.0 Å². The third kappa shape index (κ3) is 4.21. The molecule has 0 fully saturated rings. The van der Waals surface area contributed by atoms with Crippen LogP contribution in [0, 0.1) is 0 Å². The summed E-state index contributed by atoms with van der Waals surface area (Å²) in [7, 11) is 0. The van der Waals surface area contributed by atoms with Crippen LogP contribution >= 0.6 is 0 Å². The normalized spacial score (nSPS) is 12.2. The number of nitrogens with zero attached hydrogens (tertiary/aromatic N) is 5.